The number of likely N-dealkylation sites (tertiary alicyclic amines) is 1. The minimum atomic E-state index is -1.58. The number of β-lactam (4-membered cyclic amide) rings is 1. The molecule has 0 aliphatic carbocycles. The monoisotopic (exact) mass is 552 g/mol. The van der Waals surface area contributed by atoms with Crippen molar-refractivity contribution in [3.63, 3.8) is 0 Å². The number of aliphatic hydroxyl groups is 2. The standard InChI is InChI=1S/C22H28N6O7S2/c1-28(7-5-13(29)14(30)10-28)6-3-4-12-19(20(33)34)27-17(32)8-18(27)37-22(12,15-11-36-21(23)25-15)26-16(31)9-24-35-2/h3-4,9,11,13-14,18,29-30H,5-8,10H2,1-2H3,(H3-,23,25,26,31,33,34)/b4-3-,24-9?/t13?,14-,18-,22?,28+/m0/s1. The summed E-state index contributed by atoms with van der Waals surface area (Å²) >= 11 is 2.28. The fraction of sp³-hybridized carbons (Fsp3) is 0.500. The maximum atomic E-state index is 12.8. The van der Waals surface area contributed by atoms with Crippen molar-refractivity contribution in [3.05, 3.63) is 34.5 Å². The number of amides is 2. The minimum absolute atomic E-state index is 0.0665. The third-order valence-corrected chi connectivity index (χ3v) is 8.82. The number of nitrogens with zero attached hydrogens (tertiary/aromatic N) is 4. The molecule has 2 fully saturated rings. The van der Waals surface area contributed by atoms with E-state index in [9.17, 15) is 29.7 Å². The quantitative estimate of drug-likeness (QED) is 0.122. The molecule has 15 heteroatoms. The first kappa shape index (κ1) is 27.1. The molecule has 0 radical (unpaired) electrons. The molecular weight excluding hydrogens is 524 g/mol. The summed E-state index contributed by atoms with van der Waals surface area (Å²) in [7, 11) is 3.19. The Kier molecular flexibility index (Phi) is 7.62. The molecule has 0 bridgehead atoms. The van der Waals surface area contributed by atoms with Crippen molar-refractivity contribution in [3.8, 4) is 0 Å². The van der Waals surface area contributed by atoms with Gasteiger partial charge in [-0.3, -0.25) is 14.5 Å². The van der Waals surface area contributed by atoms with Crippen LogP contribution in [-0.4, -0.2) is 100.0 Å². The highest BCUT2D eigenvalue weighted by atomic mass is 32.2. The van der Waals surface area contributed by atoms with Crippen LogP contribution < -0.4 is 16.2 Å². The summed E-state index contributed by atoms with van der Waals surface area (Å²) in [6.07, 6.45) is 2.96. The number of quaternary nitrogens is 1. The van der Waals surface area contributed by atoms with Gasteiger partial charge >= 0.3 is 0 Å². The van der Waals surface area contributed by atoms with Gasteiger partial charge in [-0.1, -0.05) is 23.0 Å². The highest BCUT2D eigenvalue weighted by Crippen LogP contribution is 2.54. The summed E-state index contributed by atoms with van der Waals surface area (Å²) in [6, 6.07) is 0. The van der Waals surface area contributed by atoms with E-state index in [0.717, 1.165) is 34.2 Å². The molecule has 0 saturated carbocycles. The molecule has 13 nitrogen and oxygen atoms in total. The van der Waals surface area contributed by atoms with E-state index in [1.54, 1.807) is 11.5 Å². The molecule has 1 aromatic rings. The molecular formula is C22H28N6O7S2. The number of thioether (sulfide) groups is 1. The van der Waals surface area contributed by atoms with Crippen molar-refractivity contribution in [2.75, 3.05) is 39.5 Å². The van der Waals surface area contributed by atoms with Crippen LogP contribution in [0.5, 0.6) is 0 Å². The maximum absolute atomic E-state index is 12.8. The van der Waals surface area contributed by atoms with E-state index < -0.39 is 34.3 Å². The van der Waals surface area contributed by atoms with E-state index in [1.165, 1.54) is 13.2 Å². The Bertz CT molecular complexity index is 1190. The van der Waals surface area contributed by atoms with Crippen molar-refractivity contribution < 1.29 is 39.0 Å². The summed E-state index contributed by atoms with van der Waals surface area (Å²) in [5, 5.41) is 40.0. The van der Waals surface area contributed by atoms with Gasteiger partial charge in [0.1, 0.15) is 26.0 Å². The Morgan fingerprint density at radius 2 is 2.22 bits per heavy atom. The average Bonchev–Trinajstić information content (AvgIpc) is 3.27. The van der Waals surface area contributed by atoms with Gasteiger partial charge < -0.3 is 40.5 Å². The van der Waals surface area contributed by atoms with Crippen molar-refractivity contribution in [2.24, 2.45) is 5.16 Å². The number of rotatable bonds is 8. The number of likely N-dealkylation sites (N-methyl/N-ethyl adjacent to an activating group) is 1. The minimum Gasteiger partial charge on any atom is -0.543 e. The number of nitrogens with two attached hydrogens (primary N) is 1. The van der Waals surface area contributed by atoms with Crippen molar-refractivity contribution in [1.29, 1.82) is 0 Å². The second-order valence-corrected chi connectivity index (χ2v) is 11.6. The second-order valence-electron chi connectivity index (χ2n) is 9.28. The van der Waals surface area contributed by atoms with E-state index in [-0.39, 0.29) is 34.4 Å². The van der Waals surface area contributed by atoms with Crippen LogP contribution in [0.15, 0.2) is 34.0 Å². The number of aliphatic carboxylic acids is 1. The predicted octanol–water partition coefficient (Wildman–Crippen LogP) is -1.94. The Morgan fingerprint density at radius 1 is 1.46 bits per heavy atom. The first-order valence-electron chi connectivity index (χ1n) is 11.4. The number of carboxylic acids is 1. The highest BCUT2D eigenvalue weighted by molar-refractivity contribution is 8.01. The van der Waals surface area contributed by atoms with E-state index in [1.807, 2.05) is 7.05 Å². The topological polar surface area (TPSA) is 190 Å². The lowest BCUT2D eigenvalue weighted by atomic mass is 9.96. The van der Waals surface area contributed by atoms with E-state index in [4.69, 9.17) is 5.73 Å². The van der Waals surface area contributed by atoms with Crippen molar-refractivity contribution in [2.45, 2.75) is 35.3 Å². The van der Waals surface area contributed by atoms with Crippen LogP contribution in [0.25, 0.3) is 0 Å². The van der Waals surface area contributed by atoms with Gasteiger partial charge in [0.15, 0.2) is 10.0 Å². The molecule has 0 spiro atoms. The van der Waals surface area contributed by atoms with Gasteiger partial charge in [0, 0.05) is 17.4 Å². The summed E-state index contributed by atoms with van der Waals surface area (Å²) in [5.74, 6) is -2.65. The van der Waals surface area contributed by atoms with Crippen LogP contribution in [0.4, 0.5) is 5.13 Å². The number of hydrogen-bond donors (Lipinski definition) is 4. The van der Waals surface area contributed by atoms with Crippen LogP contribution >= 0.6 is 23.1 Å². The number of aromatic nitrogens is 1. The molecule has 4 heterocycles. The number of piperidine rings is 1. The lowest BCUT2D eigenvalue weighted by molar-refractivity contribution is -0.913. The summed E-state index contributed by atoms with van der Waals surface area (Å²) in [5.41, 5.74) is 5.89. The van der Waals surface area contributed by atoms with Gasteiger partial charge in [0.05, 0.1) is 55.4 Å². The van der Waals surface area contributed by atoms with E-state index >= 15 is 0 Å². The van der Waals surface area contributed by atoms with Gasteiger partial charge in [0.25, 0.3) is 5.91 Å². The zero-order valence-electron chi connectivity index (χ0n) is 20.2. The molecule has 0 aromatic carbocycles. The van der Waals surface area contributed by atoms with Gasteiger partial charge in [-0.25, -0.2) is 4.98 Å². The SMILES string of the molecule is CON=CC(=O)NC1(c2csc(N)n2)S[C@H]2CC(=O)N2C(C(=O)[O-])=C1/C=C\C[N@+]1(C)CCC(O)[C@@H](O)C1. The number of nitrogen functional groups attached to an aromatic ring is 1. The first-order valence-corrected chi connectivity index (χ1v) is 13.2. The van der Waals surface area contributed by atoms with Crippen LogP contribution in [0.2, 0.25) is 0 Å². The zero-order chi connectivity index (χ0) is 27.0. The van der Waals surface area contributed by atoms with Crippen LogP contribution in [0.1, 0.15) is 18.5 Å². The third-order valence-electron chi connectivity index (χ3n) is 6.61. The van der Waals surface area contributed by atoms with Gasteiger partial charge in [-0.05, 0) is 6.08 Å². The van der Waals surface area contributed by atoms with E-state index in [2.05, 4.69) is 20.3 Å². The fourth-order valence-corrected chi connectivity index (χ4v) is 7.05. The Morgan fingerprint density at radius 3 is 2.81 bits per heavy atom. The number of carbonyl (C=O) groups excluding carboxylic acids is 3. The van der Waals surface area contributed by atoms with Crippen molar-refractivity contribution in [1.82, 2.24) is 15.2 Å². The molecule has 37 heavy (non-hydrogen) atoms. The number of carboxylic acid groups (broad SMARTS) is 1. The molecule has 2 amide bonds. The summed E-state index contributed by atoms with van der Waals surface area (Å²) < 4.78 is 0.393. The Labute approximate surface area is 220 Å². The van der Waals surface area contributed by atoms with E-state index in [0.29, 0.717) is 30.5 Å². The number of hydrogen-bond acceptors (Lipinski definition) is 12. The molecule has 2 unspecified atom stereocenters. The molecule has 2 saturated heterocycles. The molecule has 3 aliphatic heterocycles. The smallest absolute Gasteiger partial charge is 0.267 e. The normalized spacial score (nSPS) is 31.9. The largest absolute Gasteiger partial charge is 0.543 e. The fourth-order valence-electron chi connectivity index (χ4n) is 4.73. The van der Waals surface area contributed by atoms with Crippen LogP contribution in [0.3, 0.4) is 0 Å². The Hall–Kier alpha value is -2.98. The summed E-state index contributed by atoms with van der Waals surface area (Å²) in [4.78, 5) is 46.2. The molecule has 3 aliphatic rings. The number of thiazole rings is 1. The molecule has 5 atom stereocenters. The molecule has 200 valence electrons. The number of fused-ring (bicyclic) bond motifs is 1. The Balaban J connectivity index is 1.81. The highest BCUT2D eigenvalue weighted by Gasteiger charge is 2.55. The lowest BCUT2D eigenvalue weighted by Crippen LogP contribution is -2.62. The lowest BCUT2D eigenvalue weighted by Gasteiger charge is -2.52. The zero-order valence-corrected chi connectivity index (χ0v) is 21.8. The summed E-state index contributed by atoms with van der Waals surface area (Å²) in [6.45, 7) is 1.27. The first-order chi connectivity index (χ1) is 17.5. The predicted molar refractivity (Wildman–Crippen MR) is 133 cm³/mol. The van der Waals surface area contributed by atoms with Gasteiger partial charge in [0.2, 0.25) is 5.91 Å². The molecule has 4 rings (SSSR count). The number of oxime groups is 1. The number of anilines is 1. The number of carbonyl (C=O) groups is 3. The molecule has 1 aromatic heterocycles. The van der Waals surface area contributed by atoms with Crippen molar-refractivity contribution >= 4 is 52.2 Å². The van der Waals surface area contributed by atoms with Crippen LogP contribution in [-0.2, 0) is 24.1 Å². The number of aliphatic hydroxyl groups excluding tert-OH is 2. The average molecular weight is 553 g/mol. The van der Waals surface area contributed by atoms with Gasteiger partial charge in [-0.2, -0.15) is 0 Å². The third kappa shape index (κ3) is 5.22. The number of nitrogens with one attached hydrogen (secondary N) is 1. The van der Waals surface area contributed by atoms with Crippen LogP contribution in [0, 0.1) is 0 Å². The maximum Gasteiger partial charge on any atom is 0.267 e. The van der Waals surface area contributed by atoms with Gasteiger partial charge in [-0.15, -0.1) is 11.3 Å². The second kappa shape index (κ2) is 10.4. The molecule has 5 N–H and O–H groups in total.